The fourth-order valence-electron chi connectivity index (χ4n) is 3.03. The zero-order valence-electron chi connectivity index (χ0n) is 12.6. The minimum absolute atomic E-state index is 0.102. The van der Waals surface area contributed by atoms with Gasteiger partial charge in [0, 0.05) is 24.5 Å². The van der Waals surface area contributed by atoms with Crippen LogP contribution in [0, 0.1) is 5.92 Å². The van der Waals surface area contributed by atoms with E-state index in [-0.39, 0.29) is 17.2 Å². The quantitative estimate of drug-likeness (QED) is 0.822. The first kappa shape index (κ1) is 14.9. The van der Waals surface area contributed by atoms with Crippen LogP contribution in [-0.2, 0) is 4.74 Å². The standard InChI is InChI=1S/C14H30N2O/c1-8-16(10(2)3)9-11-12(15)14(6,7)17-13(11,4)5/h10-12H,8-9,15H2,1-7H3. The molecule has 17 heavy (non-hydrogen) atoms. The van der Waals surface area contributed by atoms with Gasteiger partial charge < -0.3 is 15.4 Å². The molecular weight excluding hydrogens is 212 g/mol. The molecule has 2 atom stereocenters. The van der Waals surface area contributed by atoms with Crippen LogP contribution in [0.1, 0.15) is 48.5 Å². The van der Waals surface area contributed by atoms with Gasteiger partial charge >= 0.3 is 0 Å². The molecule has 2 N–H and O–H groups in total. The number of hydrogen-bond donors (Lipinski definition) is 1. The average molecular weight is 242 g/mol. The minimum Gasteiger partial charge on any atom is -0.368 e. The lowest BCUT2D eigenvalue weighted by Gasteiger charge is -2.34. The molecule has 0 bridgehead atoms. The molecule has 1 saturated heterocycles. The summed E-state index contributed by atoms with van der Waals surface area (Å²) >= 11 is 0. The third kappa shape index (κ3) is 3.01. The smallest absolute Gasteiger partial charge is 0.0788 e. The highest BCUT2D eigenvalue weighted by atomic mass is 16.5. The molecule has 0 aromatic rings. The Hall–Kier alpha value is -0.120. The van der Waals surface area contributed by atoms with E-state index in [1.165, 1.54) is 0 Å². The van der Waals surface area contributed by atoms with E-state index in [0.717, 1.165) is 13.1 Å². The fraction of sp³-hybridized carbons (Fsp3) is 1.00. The van der Waals surface area contributed by atoms with Crippen molar-refractivity contribution in [2.24, 2.45) is 11.7 Å². The van der Waals surface area contributed by atoms with Gasteiger partial charge in [0.2, 0.25) is 0 Å². The highest BCUT2D eigenvalue weighted by Gasteiger charge is 2.52. The van der Waals surface area contributed by atoms with Crippen LogP contribution in [0.3, 0.4) is 0 Å². The molecule has 0 saturated carbocycles. The summed E-state index contributed by atoms with van der Waals surface area (Å²) in [4.78, 5) is 2.47. The highest BCUT2D eigenvalue weighted by Crippen LogP contribution is 2.41. The van der Waals surface area contributed by atoms with Crippen LogP contribution >= 0.6 is 0 Å². The maximum Gasteiger partial charge on any atom is 0.0788 e. The zero-order chi connectivity index (χ0) is 13.4. The Bertz CT molecular complexity index is 261. The van der Waals surface area contributed by atoms with Gasteiger partial charge in [-0.1, -0.05) is 6.92 Å². The van der Waals surface area contributed by atoms with Crippen molar-refractivity contribution >= 4 is 0 Å². The second kappa shape index (κ2) is 4.87. The Labute approximate surface area is 107 Å². The van der Waals surface area contributed by atoms with E-state index in [1.807, 2.05) is 0 Å². The van der Waals surface area contributed by atoms with Gasteiger partial charge in [0.1, 0.15) is 0 Å². The predicted molar refractivity (Wildman–Crippen MR) is 73.1 cm³/mol. The van der Waals surface area contributed by atoms with E-state index >= 15 is 0 Å². The Morgan fingerprint density at radius 3 is 2.00 bits per heavy atom. The van der Waals surface area contributed by atoms with Gasteiger partial charge in [-0.2, -0.15) is 0 Å². The zero-order valence-corrected chi connectivity index (χ0v) is 12.6. The Balaban J connectivity index is 2.82. The van der Waals surface area contributed by atoms with E-state index in [4.69, 9.17) is 10.5 Å². The minimum atomic E-state index is -0.218. The lowest BCUT2D eigenvalue weighted by atomic mass is 9.82. The van der Waals surface area contributed by atoms with Crippen LogP contribution in [0.5, 0.6) is 0 Å². The summed E-state index contributed by atoms with van der Waals surface area (Å²) < 4.78 is 6.13. The lowest BCUT2D eigenvalue weighted by Crippen LogP contribution is -2.49. The fourth-order valence-corrected chi connectivity index (χ4v) is 3.03. The van der Waals surface area contributed by atoms with Crippen molar-refractivity contribution in [2.75, 3.05) is 13.1 Å². The molecular formula is C14H30N2O. The van der Waals surface area contributed by atoms with Crippen molar-refractivity contribution in [1.82, 2.24) is 4.90 Å². The molecule has 1 aliphatic rings. The van der Waals surface area contributed by atoms with Crippen molar-refractivity contribution in [2.45, 2.75) is 71.8 Å². The molecule has 1 heterocycles. The van der Waals surface area contributed by atoms with Gasteiger partial charge in [-0.15, -0.1) is 0 Å². The molecule has 0 amide bonds. The molecule has 0 aromatic heterocycles. The van der Waals surface area contributed by atoms with Gasteiger partial charge in [-0.3, -0.25) is 0 Å². The molecule has 0 aromatic carbocycles. The number of ether oxygens (including phenoxy) is 1. The SMILES string of the molecule is CCN(CC1C(N)C(C)(C)OC1(C)C)C(C)C. The molecule has 3 nitrogen and oxygen atoms in total. The maximum atomic E-state index is 6.38. The van der Waals surface area contributed by atoms with Crippen LogP contribution in [-0.4, -0.2) is 41.3 Å². The van der Waals surface area contributed by atoms with Crippen LogP contribution < -0.4 is 5.73 Å². The van der Waals surface area contributed by atoms with Crippen LogP contribution in [0.2, 0.25) is 0 Å². The molecule has 1 aliphatic heterocycles. The maximum absolute atomic E-state index is 6.38. The predicted octanol–water partition coefficient (Wildman–Crippen LogP) is 2.25. The number of hydrogen-bond acceptors (Lipinski definition) is 3. The second-order valence-corrected chi connectivity index (χ2v) is 6.62. The van der Waals surface area contributed by atoms with Crippen molar-refractivity contribution in [3.63, 3.8) is 0 Å². The number of nitrogens with two attached hydrogens (primary N) is 1. The van der Waals surface area contributed by atoms with Crippen LogP contribution in [0.25, 0.3) is 0 Å². The summed E-state index contributed by atoms with van der Waals surface area (Å²) in [6.45, 7) is 17.3. The molecule has 1 fully saturated rings. The van der Waals surface area contributed by atoms with Crippen LogP contribution in [0.4, 0.5) is 0 Å². The van der Waals surface area contributed by atoms with E-state index in [9.17, 15) is 0 Å². The van der Waals surface area contributed by atoms with Crippen LogP contribution in [0.15, 0.2) is 0 Å². The largest absolute Gasteiger partial charge is 0.368 e. The third-order valence-electron chi connectivity index (χ3n) is 4.22. The summed E-state index contributed by atoms with van der Waals surface area (Å²) in [6, 6.07) is 0.664. The summed E-state index contributed by atoms with van der Waals surface area (Å²) in [5.74, 6) is 0.389. The molecule has 2 unspecified atom stereocenters. The first-order chi connectivity index (χ1) is 7.62. The topological polar surface area (TPSA) is 38.5 Å². The Morgan fingerprint density at radius 1 is 1.18 bits per heavy atom. The van der Waals surface area contributed by atoms with E-state index in [2.05, 4.69) is 53.4 Å². The molecule has 0 spiro atoms. The molecule has 102 valence electrons. The monoisotopic (exact) mass is 242 g/mol. The summed E-state index contributed by atoms with van der Waals surface area (Å²) in [5, 5.41) is 0. The number of rotatable bonds is 4. The van der Waals surface area contributed by atoms with E-state index in [1.54, 1.807) is 0 Å². The molecule has 1 rings (SSSR count). The summed E-state index contributed by atoms with van der Waals surface area (Å²) in [6.07, 6.45) is 0. The first-order valence-electron chi connectivity index (χ1n) is 6.81. The third-order valence-corrected chi connectivity index (χ3v) is 4.22. The average Bonchev–Trinajstić information content (AvgIpc) is 2.29. The lowest BCUT2D eigenvalue weighted by molar-refractivity contribution is -0.0788. The second-order valence-electron chi connectivity index (χ2n) is 6.62. The van der Waals surface area contributed by atoms with E-state index in [0.29, 0.717) is 12.0 Å². The molecule has 0 aliphatic carbocycles. The highest BCUT2D eigenvalue weighted by molar-refractivity contribution is 5.04. The van der Waals surface area contributed by atoms with Crippen molar-refractivity contribution in [3.8, 4) is 0 Å². The van der Waals surface area contributed by atoms with Crippen molar-refractivity contribution < 1.29 is 4.74 Å². The summed E-state index contributed by atoms with van der Waals surface area (Å²) in [5.41, 5.74) is 6.03. The first-order valence-corrected chi connectivity index (χ1v) is 6.81. The van der Waals surface area contributed by atoms with Gasteiger partial charge in [0.05, 0.1) is 11.2 Å². The van der Waals surface area contributed by atoms with Gasteiger partial charge in [0.25, 0.3) is 0 Å². The summed E-state index contributed by atoms with van der Waals surface area (Å²) in [7, 11) is 0. The number of nitrogens with zero attached hydrogens (tertiary/aromatic N) is 1. The van der Waals surface area contributed by atoms with Gasteiger partial charge in [0.15, 0.2) is 0 Å². The van der Waals surface area contributed by atoms with Crippen molar-refractivity contribution in [1.29, 1.82) is 0 Å². The Kier molecular flexibility index (Phi) is 4.28. The Morgan fingerprint density at radius 2 is 1.71 bits per heavy atom. The van der Waals surface area contributed by atoms with Crippen molar-refractivity contribution in [3.05, 3.63) is 0 Å². The van der Waals surface area contributed by atoms with Gasteiger partial charge in [-0.05, 0) is 48.1 Å². The van der Waals surface area contributed by atoms with E-state index < -0.39 is 0 Å². The molecule has 0 radical (unpaired) electrons. The normalized spacial score (nSPS) is 31.4. The van der Waals surface area contributed by atoms with Gasteiger partial charge in [-0.25, -0.2) is 0 Å². The molecule has 3 heteroatoms.